The van der Waals surface area contributed by atoms with Gasteiger partial charge in [-0.3, -0.25) is 4.79 Å². The van der Waals surface area contributed by atoms with Gasteiger partial charge in [-0.1, -0.05) is 17.7 Å². The van der Waals surface area contributed by atoms with Crippen LogP contribution in [0.3, 0.4) is 0 Å². The summed E-state index contributed by atoms with van der Waals surface area (Å²) >= 11 is 5.70. The SMILES string of the molecule is CN(C)c1cccc(C(=O)OCC(=O)Nc2ncc(C(F)(F)F)cc2Cl)c1. The Morgan fingerprint density at radius 2 is 1.96 bits per heavy atom. The standard InChI is InChI=1S/C17H15ClF3N3O3/c1-24(2)12-5-3-4-10(6-12)16(26)27-9-14(25)23-15-13(18)7-11(8-22-15)17(19,20)21/h3-8H,9H2,1-2H3,(H,22,23,25). The number of anilines is 2. The maximum Gasteiger partial charge on any atom is 0.417 e. The molecule has 1 heterocycles. The summed E-state index contributed by atoms with van der Waals surface area (Å²) in [5.74, 6) is -1.78. The maximum absolute atomic E-state index is 12.6. The number of carbonyl (C=O) groups excluding carboxylic acids is 2. The third-order valence-electron chi connectivity index (χ3n) is 3.36. The highest BCUT2D eigenvalue weighted by Gasteiger charge is 2.31. The van der Waals surface area contributed by atoms with Gasteiger partial charge in [0.1, 0.15) is 0 Å². The number of benzene rings is 1. The van der Waals surface area contributed by atoms with Gasteiger partial charge in [0.2, 0.25) is 0 Å². The van der Waals surface area contributed by atoms with Gasteiger partial charge in [0, 0.05) is 26.0 Å². The summed E-state index contributed by atoms with van der Waals surface area (Å²) in [5, 5.41) is 1.80. The summed E-state index contributed by atoms with van der Waals surface area (Å²) in [6.07, 6.45) is -4.06. The Morgan fingerprint density at radius 1 is 1.26 bits per heavy atom. The smallest absolute Gasteiger partial charge is 0.417 e. The van der Waals surface area contributed by atoms with Crippen molar-refractivity contribution in [3.63, 3.8) is 0 Å². The van der Waals surface area contributed by atoms with Crippen LogP contribution in [0.15, 0.2) is 36.5 Å². The zero-order valence-corrected chi connectivity index (χ0v) is 15.1. The molecule has 2 rings (SSSR count). The number of aromatic nitrogens is 1. The van der Waals surface area contributed by atoms with E-state index in [-0.39, 0.29) is 16.4 Å². The number of ether oxygens (including phenoxy) is 1. The average Bonchev–Trinajstić information content (AvgIpc) is 2.60. The Bertz CT molecular complexity index is 857. The van der Waals surface area contributed by atoms with E-state index in [1.807, 2.05) is 0 Å². The van der Waals surface area contributed by atoms with E-state index in [1.54, 1.807) is 37.2 Å². The number of pyridine rings is 1. The molecule has 0 saturated carbocycles. The van der Waals surface area contributed by atoms with Crippen LogP contribution in [0.5, 0.6) is 0 Å². The van der Waals surface area contributed by atoms with Crippen LogP contribution in [0, 0.1) is 0 Å². The second kappa shape index (κ2) is 8.26. The first-order valence-corrected chi connectivity index (χ1v) is 7.93. The van der Waals surface area contributed by atoms with Crippen molar-refractivity contribution >= 4 is 35.0 Å². The number of rotatable bonds is 5. The Labute approximate surface area is 157 Å². The number of halogens is 4. The van der Waals surface area contributed by atoms with Gasteiger partial charge in [-0.05, 0) is 24.3 Å². The first kappa shape index (κ1) is 20.5. The highest BCUT2D eigenvalue weighted by atomic mass is 35.5. The fourth-order valence-corrected chi connectivity index (χ4v) is 2.19. The van der Waals surface area contributed by atoms with Crippen LogP contribution in [0.4, 0.5) is 24.7 Å². The van der Waals surface area contributed by atoms with E-state index in [9.17, 15) is 22.8 Å². The molecule has 0 unspecified atom stereocenters. The number of carbonyl (C=O) groups is 2. The molecule has 0 aliphatic heterocycles. The zero-order valence-electron chi connectivity index (χ0n) is 14.3. The van der Waals surface area contributed by atoms with Crippen molar-refractivity contribution in [1.29, 1.82) is 0 Å². The van der Waals surface area contributed by atoms with Gasteiger partial charge >= 0.3 is 12.1 Å². The summed E-state index contributed by atoms with van der Waals surface area (Å²) in [4.78, 5) is 29.1. The minimum Gasteiger partial charge on any atom is -0.452 e. The van der Waals surface area contributed by atoms with Crippen LogP contribution in [-0.4, -0.2) is 37.6 Å². The number of hydrogen-bond acceptors (Lipinski definition) is 5. The number of alkyl halides is 3. The molecule has 0 radical (unpaired) electrons. The number of hydrogen-bond donors (Lipinski definition) is 1. The van der Waals surface area contributed by atoms with Gasteiger partial charge in [-0.2, -0.15) is 13.2 Å². The lowest BCUT2D eigenvalue weighted by Gasteiger charge is -2.13. The maximum atomic E-state index is 12.6. The van der Waals surface area contributed by atoms with E-state index >= 15 is 0 Å². The van der Waals surface area contributed by atoms with Crippen LogP contribution < -0.4 is 10.2 Å². The first-order chi connectivity index (χ1) is 12.6. The van der Waals surface area contributed by atoms with Crippen LogP contribution in [0.2, 0.25) is 5.02 Å². The molecule has 0 spiro atoms. The molecule has 0 saturated heterocycles. The Hall–Kier alpha value is -2.81. The molecule has 144 valence electrons. The van der Waals surface area contributed by atoms with Crippen molar-refractivity contribution in [2.75, 3.05) is 30.9 Å². The van der Waals surface area contributed by atoms with Crippen molar-refractivity contribution in [2.45, 2.75) is 6.18 Å². The molecule has 0 bridgehead atoms. The molecule has 6 nitrogen and oxygen atoms in total. The van der Waals surface area contributed by atoms with Crippen molar-refractivity contribution < 1.29 is 27.5 Å². The van der Waals surface area contributed by atoms with Crippen molar-refractivity contribution in [2.24, 2.45) is 0 Å². The number of amides is 1. The predicted molar refractivity (Wildman–Crippen MR) is 93.9 cm³/mol. The van der Waals surface area contributed by atoms with Crippen LogP contribution in [-0.2, 0) is 15.7 Å². The lowest BCUT2D eigenvalue weighted by molar-refractivity contribution is -0.137. The molecule has 1 aromatic heterocycles. The second-order valence-electron chi connectivity index (χ2n) is 5.62. The topological polar surface area (TPSA) is 71.5 Å². The van der Waals surface area contributed by atoms with Crippen LogP contribution in [0.25, 0.3) is 0 Å². The molecule has 1 N–H and O–H groups in total. The van der Waals surface area contributed by atoms with Gasteiger partial charge in [-0.15, -0.1) is 0 Å². The van der Waals surface area contributed by atoms with Gasteiger partial charge in [0.25, 0.3) is 5.91 Å². The summed E-state index contributed by atoms with van der Waals surface area (Å²) in [5.41, 5.74) is -0.0213. The van der Waals surface area contributed by atoms with Crippen LogP contribution >= 0.6 is 11.6 Å². The molecule has 1 amide bonds. The van der Waals surface area contributed by atoms with Crippen LogP contribution in [0.1, 0.15) is 15.9 Å². The molecule has 0 atom stereocenters. The number of nitrogens with zero attached hydrogens (tertiary/aromatic N) is 2. The van der Waals surface area contributed by atoms with Crippen molar-refractivity contribution in [3.8, 4) is 0 Å². The summed E-state index contributed by atoms with van der Waals surface area (Å²) < 4.78 is 42.6. The Balaban J connectivity index is 1.96. The summed E-state index contributed by atoms with van der Waals surface area (Å²) in [7, 11) is 3.61. The quantitative estimate of drug-likeness (QED) is 0.775. The fraction of sp³-hybridized carbons (Fsp3) is 0.235. The number of esters is 1. The van der Waals surface area contributed by atoms with E-state index in [1.165, 1.54) is 6.07 Å². The monoisotopic (exact) mass is 401 g/mol. The van der Waals surface area contributed by atoms with E-state index in [0.717, 1.165) is 5.69 Å². The van der Waals surface area contributed by atoms with Gasteiger partial charge in [-0.25, -0.2) is 9.78 Å². The predicted octanol–water partition coefficient (Wildman–Crippen LogP) is 3.62. The lowest BCUT2D eigenvalue weighted by Crippen LogP contribution is -2.22. The van der Waals surface area contributed by atoms with Crippen molar-refractivity contribution in [1.82, 2.24) is 4.98 Å². The second-order valence-corrected chi connectivity index (χ2v) is 6.03. The van der Waals surface area contributed by atoms with Gasteiger partial charge < -0.3 is 15.0 Å². The molecule has 0 fully saturated rings. The fourth-order valence-electron chi connectivity index (χ4n) is 1.98. The molecule has 0 aliphatic carbocycles. The molecule has 0 aliphatic rings. The van der Waals surface area contributed by atoms with Gasteiger partial charge in [0.15, 0.2) is 12.4 Å². The average molecular weight is 402 g/mol. The van der Waals surface area contributed by atoms with Gasteiger partial charge in [0.05, 0.1) is 16.1 Å². The molecular weight excluding hydrogens is 387 g/mol. The van der Waals surface area contributed by atoms with E-state index < -0.39 is 30.2 Å². The Kier molecular flexibility index (Phi) is 6.27. The van der Waals surface area contributed by atoms with Crippen molar-refractivity contribution in [3.05, 3.63) is 52.7 Å². The first-order valence-electron chi connectivity index (χ1n) is 7.55. The minimum absolute atomic E-state index is 0.250. The zero-order chi connectivity index (χ0) is 20.2. The molecule has 1 aromatic carbocycles. The lowest BCUT2D eigenvalue weighted by atomic mass is 10.2. The molecule has 2 aromatic rings. The van der Waals surface area contributed by atoms with E-state index in [0.29, 0.717) is 12.3 Å². The summed E-state index contributed by atoms with van der Waals surface area (Å²) in [6.45, 7) is -0.649. The normalized spacial score (nSPS) is 11.0. The largest absolute Gasteiger partial charge is 0.452 e. The molecule has 27 heavy (non-hydrogen) atoms. The minimum atomic E-state index is -4.60. The highest BCUT2D eigenvalue weighted by molar-refractivity contribution is 6.33. The Morgan fingerprint density at radius 3 is 2.56 bits per heavy atom. The third-order valence-corrected chi connectivity index (χ3v) is 3.65. The third kappa shape index (κ3) is 5.58. The number of nitrogens with one attached hydrogen (secondary N) is 1. The molecule has 10 heteroatoms. The summed E-state index contributed by atoms with van der Waals surface area (Å²) in [6, 6.07) is 7.22. The highest BCUT2D eigenvalue weighted by Crippen LogP contribution is 2.32. The van der Waals surface area contributed by atoms with E-state index in [2.05, 4.69) is 10.3 Å². The van der Waals surface area contributed by atoms with E-state index in [4.69, 9.17) is 16.3 Å². The molecular formula is C17H15ClF3N3O3.